The maximum Gasteiger partial charge on any atom is 0.203 e. The number of hydrogen-bond donors (Lipinski definition) is 0. The highest BCUT2D eigenvalue weighted by Gasteiger charge is 2.33. The summed E-state index contributed by atoms with van der Waals surface area (Å²) in [5.41, 5.74) is 1.10. The smallest absolute Gasteiger partial charge is 0.203 e. The van der Waals surface area contributed by atoms with E-state index in [0.29, 0.717) is 6.04 Å². The lowest BCUT2D eigenvalue weighted by molar-refractivity contribution is 0.0888. The molecule has 3 aliphatic heterocycles. The minimum atomic E-state index is 0.437. The van der Waals surface area contributed by atoms with Gasteiger partial charge in [-0.3, -0.25) is 4.99 Å². The van der Waals surface area contributed by atoms with Gasteiger partial charge in [0.1, 0.15) is 5.01 Å². The number of halogens is 1. The average Bonchev–Trinajstić information content (AvgIpc) is 2.90. The van der Waals surface area contributed by atoms with Gasteiger partial charge in [0.05, 0.1) is 6.04 Å². The van der Waals surface area contributed by atoms with E-state index in [0.717, 1.165) is 32.9 Å². The van der Waals surface area contributed by atoms with Crippen LogP contribution in [0.2, 0.25) is 5.02 Å². The van der Waals surface area contributed by atoms with Crippen LogP contribution in [0.4, 0.5) is 0 Å². The van der Waals surface area contributed by atoms with Crippen LogP contribution in [-0.2, 0) is 7.05 Å². The lowest BCUT2D eigenvalue weighted by Crippen LogP contribution is -2.50. The highest BCUT2D eigenvalue weighted by molar-refractivity contribution is 7.12. The van der Waals surface area contributed by atoms with Crippen molar-refractivity contribution in [2.45, 2.75) is 18.9 Å². The Hall–Kier alpha value is -1.17. The van der Waals surface area contributed by atoms with E-state index in [2.05, 4.69) is 10.00 Å². The van der Waals surface area contributed by atoms with Gasteiger partial charge in [-0.05, 0) is 44.0 Å². The Labute approximate surface area is 139 Å². The fourth-order valence-electron chi connectivity index (χ4n) is 3.39. The van der Waals surface area contributed by atoms with E-state index in [1.54, 1.807) is 11.3 Å². The van der Waals surface area contributed by atoms with E-state index < -0.39 is 0 Å². The van der Waals surface area contributed by atoms with Crippen molar-refractivity contribution >= 4 is 22.9 Å². The van der Waals surface area contributed by atoms with Crippen molar-refractivity contribution < 1.29 is 0 Å². The molecule has 6 heteroatoms. The first-order valence-electron chi connectivity index (χ1n) is 7.75. The van der Waals surface area contributed by atoms with Crippen molar-refractivity contribution in [3.8, 4) is 10.6 Å². The summed E-state index contributed by atoms with van der Waals surface area (Å²) >= 11 is 7.62. The summed E-state index contributed by atoms with van der Waals surface area (Å²) in [7, 11) is 1.98. The molecule has 3 aliphatic rings. The molecule has 0 saturated carbocycles. The molecule has 116 valence electrons. The van der Waals surface area contributed by atoms with Crippen molar-refractivity contribution in [2.75, 3.05) is 19.6 Å². The number of hydrogen-bond acceptors (Lipinski definition) is 4. The Kier molecular flexibility index (Phi) is 3.80. The Bertz CT molecular complexity index is 725. The van der Waals surface area contributed by atoms with Crippen LogP contribution in [0.1, 0.15) is 12.8 Å². The van der Waals surface area contributed by atoms with Crippen LogP contribution in [0.15, 0.2) is 29.3 Å². The normalized spacial score (nSPS) is 28.3. The largest absolute Gasteiger partial charge is 0.301 e. The third-order valence-corrected chi connectivity index (χ3v) is 6.01. The zero-order valence-electron chi connectivity index (χ0n) is 12.6. The van der Waals surface area contributed by atoms with Gasteiger partial charge in [0.2, 0.25) is 4.80 Å². The molecule has 22 heavy (non-hydrogen) atoms. The lowest BCUT2D eigenvalue weighted by atomic mass is 9.84. The number of piperidine rings is 3. The number of aryl methyl sites for hydroxylation is 1. The molecule has 3 fully saturated rings. The molecule has 1 atom stereocenters. The number of fused-ring (bicyclic) bond motifs is 3. The standard InChI is InChI=1S/C16H19ClN4S/c1-20-16(18-14-10-21-8-6-11(14)7-9-21)22-15(19-20)12-2-4-13(17)5-3-12/h2-5,11,14H,6-10H2,1H3. The molecule has 5 rings (SSSR count). The minimum absolute atomic E-state index is 0.437. The molecule has 4 heterocycles. The Balaban J connectivity index is 1.65. The summed E-state index contributed by atoms with van der Waals surface area (Å²) in [6.45, 7) is 3.61. The Morgan fingerprint density at radius 3 is 2.59 bits per heavy atom. The molecule has 2 bridgehead atoms. The van der Waals surface area contributed by atoms with Gasteiger partial charge in [0, 0.05) is 24.2 Å². The monoisotopic (exact) mass is 334 g/mol. The topological polar surface area (TPSA) is 33.4 Å². The summed E-state index contributed by atoms with van der Waals surface area (Å²) in [4.78, 5) is 8.57. The van der Waals surface area contributed by atoms with Crippen LogP contribution in [0.3, 0.4) is 0 Å². The molecule has 2 aromatic rings. The van der Waals surface area contributed by atoms with Crippen molar-refractivity contribution in [3.05, 3.63) is 34.1 Å². The summed E-state index contributed by atoms with van der Waals surface area (Å²) in [6, 6.07) is 8.27. The first kappa shape index (κ1) is 14.4. The molecule has 0 N–H and O–H groups in total. The van der Waals surface area contributed by atoms with E-state index in [4.69, 9.17) is 16.6 Å². The molecular weight excluding hydrogens is 316 g/mol. The van der Waals surface area contributed by atoms with Crippen molar-refractivity contribution in [1.29, 1.82) is 0 Å². The molecule has 1 unspecified atom stereocenters. The molecule has 0 spiro atoms. The van der Waals surface area contributed by atoms with Crippen LogP contribution >= 0.6 is 22.9 Å². The van der Waals surface area contributed by atoms with Gasteiger partial charge >= 0.3 is 0 Å². The molecule has 3 saturated heterocycles. The number of rotatable bonds is 2. The summed E-state index contributed by atoms with van der Waals surface area (Å²) in [6.07, 6.45) is 2.58. The van der Waals surface area contributed by atoms with Gasteiger partial charge in [-0.1, -0.05) is 35.1 Å². The first-order chi connectivity index (χ1) is 10.7. The van der Waals surface area contributed by atoms with Gasteiger partial charge in [-0.15, -0.1) is 0 Å². The van der Waals surface area contributed by atoms with Crippen molar-refractivity contribution in [3.63, 3.8) is 0 Å². The predicted octanol–water partition coefficient (Wildman–Crippen LogP) is 2.80. The second-order valence-corrected chi connectivity index (χ2v) is 7.55. The van der Waals surface area contributed by atoms with Crippen LogP contribution in [0, 0.1) is 5.92 Å². The van der Waals surface area contributed by atoms with Gasteiger partial charge in [-0.2, -0.15) is 5.10 Å². The number of nitrogens with zero attached hydrogens (tertiary/aromatic N) is 4. The Morgan fingerprint density at radius 1 is 1.23 bits per heavy atom. The molecule has 1 aromatic carbocycles. The summed E-state index contributed by atoms with van der Waals surface area (Å²) in [5.74, 6) is 0.756. The van der Waals surface area contributed by atoms with Crippen LogP contribution in [0.5, 0.6) is 0 Å². The average molecular weight is 335 g/mol. The van der Waals surface area contributed by atoms with E-state index in [1.165, 1.54) is 25.9 Å². The Morgan fingerprint density at radius 2 is 1.95 bits per heavy atom. The van der Waals surface area contributed by atoms with Gasteiger partial charge < -0.3 is 4.90 Å². The molecule has 4 nitrogen and oxygen atoms in total. The summed E-state index contributed by atoms with van der Waals surface area (Å²) < 4.78 is 1.91. The fourth-order valence-corrected chi connectivity index (χ4v) is 4.47. The van der Waals surface area contributed by atoms with E-state index in [9.17, 15) is 0 Å². The highest BCUT2D eigenvalue weighted by atomic mass is 35.5. The fraction of sp³-hybridized carbons (Fsp3) is 0.500. The second-order valence-electron chi connectivity index (χ2n) is 6.15. The molecule has 0 radical (unpaired) electrons. The van der Waals surface area contributed by atoms with Crippen LogP contribution in [0.25, 0.3) is 10.6 Å². The van der Waals surface area contributed by atoms with Gasteiger partial charge in [0.15, 0.2) is 0 Å². The number of aromatic nitrogens is 2. The molecule has 0 amide bonds. The van der Waals surface area contributed by atoms with Gasteiger partial charge in [0.25, 0.3) is 0 Å². The van der Waals surface area contributed by atoms with Gasteiger partial charge in [-0.25, -0.2) is 4.68 Å². The third kappa shape index (κ3) is 2.73. The van der Waals surface area contributed by atoms with Crippen molar-refractivity contribution in [1.82, 2.24) is 14.7 Å². The van der Waals surface area contributed by atoms with E-state index in [1.807, 2.05) is 36.0 Å². The first-order valence-corrected chi connectivity index (χ1v) is 8.95. The lowest BCUT2D eigenvalue weighted by Gasteiger charge is -2.42. The van der Waals surface area contributed by atoms with E-state index >= 15 is 0 Å². The maximum absolute atomic E-state index is 5.96. The van der Waals surface area contributed by atoms with E-state index in [-0.39, 0.29) is 0 Å². The van der Waals surface area contributed by atoms with Crippen LogP contribution < -0.4 is 4.80 Å². The summed E-state index contributed by atoms with van der Waals surface area (Å²) in [5, 5.41) is 6.37. The zero-order valence-corrected chi connectivity index (χ0v) is 14.1. The SMILES string of the molecule is Cn1nc(-c2ccc(Cl)cc2)sc1=NC1CN2CCC1CC2. The molecule has 0 aliphatic carbocycles. The van der Waals surface area contributed by atoms with Crippen LogP contribution in [-0.4, -0.2) is 40.4 Å². The zero-order chi connectivity index (χ0) is 15.1. The third-order valence-electron chi connectivity index (χ3n) is 4.69. The minimum Gasteiger partial charge on any atom is -0.301 e. The molecular formula is C16H19ClN4S. The predicted molar refractivity (Wildman–Crippen MR) is 90.0 cm³/mol. The number of benzene rings is 1. The molecule has 1 aromatic heterocycles. The quantitative estimate of drug-likeness (QED) is 0.846. The second kappa shape index (κ2) is 5.80. The highest BCUT2D eigenvalue weighted by Crippen LogP contribution is 2.29. The maximum atomic E-state index is 5.96. The van der Waals surface area contributed by atoms with Crippen molar-refractivity contribution in [2.24, 2.45) is 18.0 Å².